The number of sulfonamides is 1. The number of anilines is 2. The normalized spacial score (nSPS) is 15.2. The van der Waals surface area contributed by atoms with Crippen LogP contribution in [0.5, 0.6) is 0 Å². The molecule has 0 bridgehead atoms. The molecule has 1 aliphatic rings. The smallest absolute Gasteiger partial charge is 0.413 e. The van der Waals surface area contributed by atoms with Crippen molar-refractivity contribution in [2.75, 3.05) is 50.5 Å². The number of aromatic nitrogens is 5. The van der Waals surface area contributed by atoms with E-state index in [1.54, 1.807) is 19.2 Å². The summed E-state index contributed by atoms with van der Waals surface area (Å²) in [6, 6.07) is 9.41. The number of aryl methyl sites for hydroxylation is 1. The Balaban J connectivity index is 1.23. The van der Waals surface area contributed by atoms with Crippen molar-refractivity contribution in [1.29, 1.82) is 5.26 Å². The van der Waals surface area contributed by atoms with Crippen LogP contribution in [0.1, 0.15) is 18.4 Å². The van der Waals surface area contributed by atoms with Gasteiger partial charge in [-0.1, -0.05) is 23.5 Å². The lowest BCUT2D eigenvalue weighted by Gasteiger charge is -2.35. The van der Waals surface area contributed by atoms with E-state index in [4.69, 9.17) is 0 Å². The van der Waals surface area contributed by atoms with Gasteiger partial charge in [0.25, 0.3) is 10.0 Å². The Morgan fingerprint density at radius 1 is 1.17 bits per heavy atom. The molecule has 42 heavy (non-hydrogen) atoms. The van der Waals surface area contributed by atoms with Crippen molar-refractivity contribution in [2.24, 2.45) is 0 Å². The van der Waals surface area contributed by atoms with Crippen molar-refractivity contribution in [3.63, 3.8) is 0 Å². The molecular formula is C26H28N10O4S2. The summed E-state index contributed by atoms with van der Waals surface area (Å²) in [7, 11) is -2.53. The molecular weight excluding hydrogens is 580 g/mol. The van der Waals surface area contributed by atoms with Gasteiger partial charge in [0.15, 0.2) is 9.34 Å². The maximum atomic E-state index is 13.3. The van der Waals surface area contributed by atoms with Crippen molar-refractivity contribution < 1.29 is 17.9 Å². The van der Waals surface area contributed by atoms with Crippen LogP contribution in [0.25, 0.3) is 22.2 Å². The number of nitrogens with one attached hydrogen (secondary N) is 2. The molecule has 5 rings (SSSR count). The van der Waals surface area contributed by atoms with Crippen molar-refractivity contribution in [3.05, 3.63) is 48.3 Å². The highest BCUT2D eigenvalue weighted by atomic mass is 32.2. The summed E-state index contributed by atoms with van der Waals surface area (Å²) >= 11 is 0.909. The van der Waals surface area contributed by atoms with Gasteiger partial charge in [-0.2, -0.15) is 9.57 Å². The average molecular weight is 609 g/mol. The van der Waals surface area contributed by atoms with E-state index >= 15 is 0 Å². The predicted octanol–water partition coefficient (Wildman–Crippen LogP) is 2.71. The molecule has 218 valence electrons. The number of rotatable bonds is 8. The fourth-order valence-corrected chi connectivity index (χ4v) is 7.68. The number of hydrogen-bond donors (Lipinski definition) is 2. The zero-order valence-corrected chi connectivity index (χ0v) is 24.7. The highest BCUT2D eigenvalue weighted by Crippen LogP contribution is 2.31. The molecule has 0 aliphatic carbocycles. The lowest BCUT2D eigenvalue weighted by molar-refractivity contribution is 0.184. The summed E-state index contributed by atoms with van der Waals surface area (Å²) in [4.78, 5) is 35.1. The number of fused-ring (bicyclic) bond motifs is 1. The minimum absolute atomic E-state index is 0.00477. The summed E-state index contributed by atoms with van der Waals surface area (Å²) in [5.74, 6) is 0.753. The van der Waals surface area contributed by atoms with Gasteiger partial charge in [0.1, 0.15) is 18.2 Å². The third-order valence-corrected chi connectivity index (χ3v) is 10.2. The quantitative estimate of drug-likeness (QED) is 0.299. The van der Waals surface area contributed by atoms with Gasteiger partial charge in [-0.25, -0.2) is 38.1 Å². The van der Waals surface area contributed by atoms with Crippen LogP contribution >= 0.6 is 11.3 Å². The minimum Gasteiger partial charge on any atom is -0.453 e. The highest BCUT2D eigenvalue weighted by molar-refractivity contribution is 7.91. The Morgan fingerprint density at radius 3 is 2.69 bits per heavy atom. The van der Waals surface area contributed by atoms with Gasteiger partial charge < -0.3 is 10.1 Å². The summed E-state index contributed by atoms with van der Waals surface area (Å²) in [5.41, 5.74) is 2.40. The van der Waals surface area contributed by atoms with E-state index in [0.717, 1.165) is 22.3 Å². The minimum atomic E-state index is -3.76. The highest BCUT2D eigenvalue weighted by Gasteiger charge is 2.32. The summed E-state index contributed by atoms with van der Waals surface area (Å²) < 4.78 is 32.8. The largest absolute Gasteiger partial charge is 0.453 e. The Hall–Kier alpha value is -4.30. The van der Waals surface area contributed by atoms with E-state index in [1.165, 1.54) is 17.7 Å². The maximum Gasteiger partial charge on any atom is 0.413 e. The number of thiazole rings is 1. The second-order valence-electron chi connectivity index (χ2n) is 9.56. The molecule has 1 aliphatic heterocycles. The van der Waals surface area contributed by atoms with Gasteiger partial charge in [0, 0.05) is 55.9 Å². The number of amides is 1. The monoisotopic (exact) mass is 608 g/mol. The number of benzene rings is 1. The zero-order chi connectivity index (χ0) is 29.9. The molecule has 2 N–H and O–H groups in total. The first-order chi connectivity index (χ1) is 20.2. The first-order valence-electron chi connectivity index (χ1n) is 13.0. The molecule has 14 nitrogen and oxygen atoms in total. The molecule has 0 saturated carbocycles. The topological polar surface area (TPSA) is 179 Å². The van der Waals surface area contributed by atoms with Crippen LogP contribution < -0.4 is 10.6 Å². The first-order valence-corrected chi connectivity index (χ1v) is 15.2. The molecule has 0 radical (unpaired) electrons. The number of nitriles is 1. The predicted molar refractivity (Wildman–Crippen MR) is 156 cm³/mol. The third kappa shape index (κ3) is 6.14. The number of ether oxygens (including phenoxy) is 1. The van der Waals surface area contributed by atoms with E-state index in [0.29, 0.717) is 55.4 Å². The molecule has 4 aromatic rings. The van der Waals surface area contributed by atoms with Crippen LogP contribution in [0.2, 0.25) is 0 Å². The maximum absolute atomic E-state index is 13.3. The number of nitrogens with zero attached hydrogens (tertiary/aromatic N) is 8. The Labute approximate surface area is 246 Å². The van der Waals surface area contributed by atoms with Gasteiger partial charge in [-0.05, 0) is 26.0 Å². The molecule has 0 spiro atoms. The number of hydrogen-bond acceptors (Lipinski definition) is 13. The second-order valence-corrected chi connectivity index (χ2v) is 12.7. The van der Waals surface area contributed by atoms with Gasteiger partial charge in [0.05, 0.1) is 24.0 Å². The van der Waals surface area contributed by atoms with Gasteiger partial charge in [-0.15, -0.1) is 0 Å². The van der Waals surface area contributed by atoms with Crippen LogP contribution in [0.3, 0.4) is 0 Å². The standard InChI is InChI=1S/C26H28N10O4S2/c1-16(31-23-19-6-4-5-18(22(19)29-15-30-23)20-7-8-28-21(13-27)33-20)14-35-9-11-36(12-10-35)42(38,39)24-17(2)32-25(41-24)34-26(37)40-3/h4-8,15-16H,9-12,14H2,1-3H3,(H,29,30,31)(H,32,34,37). The number of methoxy groups -OCH3 is 1. The molecule has 4 heterocycles. The second kappa shape index (κ2) is 12.3. The van der Waals surface area contributed by atoms with Crippen LogP contribution in [-0.2, 0) is 14.8 Å². The average Bonchev–Trinajstić information content (AvgIpc) is 3.37. The van der Waals surface area contributed by atoms with E-state index < -0.39 is 16.1 Å². The van der Waals surface area contributed by atoms with Crippen molar-refractivity contribution in [3.8, 4) is 17.3 Å². The zero-order valence-electron chi connectivity index (χ0n) is 23.1. The molecule has 3 aromatic heterocycles. The van der Waals surface area contributed by atoms with E-state index in [9.17, 15) is 18.5 Å². The van der Waals surface area contributed by atoms with Crippen LogP contribution in [-0.4, -0.2) is 94.5 Å². The Kier molecular flexibility index (Phi) is 8.54. The van der Waals surface area contributed by atoms with Gasteiger partial charge in [0.2, 0.25) is 5.82 Å². The van der Waals surface area contributed by atoms with E-state index in [1.807, 2.05) is 31.2 Å². The van der Waals surface area contributed by atoms with E-state index in [2.05, 4.69) is 45.2 Å². The summed E-state index contributed by atoms with van der Waals surface area (Å²) in [5, 5.41) is 16.1. The summed E-state index contributed by atoms with van der Waals surface area (Å²) in [6.07, 6.45) is 2.33. The fraction of sp³-hybridized carbons (Fsp3) is 0.346. The SMILES string of the molecule is COC(=O)Nc1nc(C)c(S(=O)(=O)N2CCN(CC(C)Nc3ncnc4c(-c5ccnc(C#N)n5)cccc34)CC2)s1. The van der Waals surface area contributed by atoms with Crippen LogP contribution in [0.15, 0.2) is 41.0 Å². The molecule has 1 atom stereocenters. The third-order valence-electron chi connectivity index (χ3n) is 6.67. The molecule has 1 saturated heterocycles. The first kappa shape index (κ1) is 29.2. The number of carbonyl (C=O) groups excluding carboxylic acids is 1. The van der Waals surface area contributed by atoms with Crippen molar-refractivity contribution in [1.82, 2.24) is 34.1 Å². The van der Waals surface area contributed by atoms with Gasteiger partial charge >= 0.3 is 6.09 Å². The number of carbonyl (C=O) groups is 1. The molecule has 1 amide bonds. The Morgan fingerprint density at radius 2 is 1.95 bits per heavy atom. The van der Waals surface area contributed by atoms with Crippen LogP contribution in [0, 0.1) is 18.3 Å². The molecule has 1 aromatic carbocycles. The number of para-hydroxylation sites is 1. The molecule has 1 unspecified atom stereocenters. The number of piperazine rings is 1. The van der Waals surface area contributed by atoms with Crippen molar-refractivity contribution >= 4 is 49.3 Å². The van der Waals surface area contributed by atoms with E-state index in [-0.39, 0.29) is 21.2 Å². The van der Waals surface area contributed by atoms with Crippen molar-refractivity contribution in [2.45, 2.75) is 24.1 Å². The molecule has 16 heteroatoms. The lowest BCUT2D eigenvalue weighted by Crippen LogP contribution is -2.50. The summed E-state index contributed by atoms with van der Waals surface area (Å²) in [6.45, 7) is 6.09. The van der Waals surface area contributed by atoms with Gasteiger partial charge in [-0.3, -0.25) is 10.2 Å². The lowest BCUT2D eigenvalue weighted by atomic mass is 10.1. The Bertz CT molecular complexity index is 1760. The fourth-order valence-electron chi connectivity index (χ4n) is 4.72. The molecule has 1 fully saturated rings. The van der Waals surface area contributed by atoms with Crippen LogP contribution in [0.4, 0.5) is 15.7 Å².